The van der Waals surface area contributed by atoms with Crippen molar-refractivity contribution in [2.45, 2.75) is 39.2 Å². The third-order valence-corrected chi connectivity index (χ3v) is 4.04. The second-order valence-corrected chi connectivity index (χ2v) is 6.87. The number of carbonyl (C=O) groups is 2. The first-order valence-corrected chi connectivity index (χ1v) is 8.77. The van der Waals surface area contributed by atoms with Crippen molar-refractivity contribution < 1.29 is 27.5 Å². The first-order valence-electron chi connectivity index (χ1n) is 8.77. The Morgan fingerprint density at radius 3 is 2.81 bits per heavy atom. The van der Waals surface area contributed by atoms with Crippen LogP contribution in [-0.2, 0) is 16.1 Å². The van der Waals surface area contributed by atoms with Crippen LogP contribution in [0.4, 0.5) is 13.2 Å². The van der Waals surface area contributed by atoms with Gasteiger partial charge in [-0.2, -0.15) is 0 Å². The highest BCUT2D eigenvalue weighted by Gasteiger charge is 2.32. The van der Waals surface area contributed by atoms with Gasteiger partial charge in [-0.25, -0.2) is 0 Å². The Balaban J connectivity index is 1.91. The van der Waals surface area contributed by atoms with Crippen molar-refractivity contribution in [3.63, 3.8) is 0 Å². The van der Waals surface area contributed by atoms with Crippen molar-refractivity contribution in [3.05, 3.63) is 29.8 Å². The van der Waals surface area contributed by atoms with Crippen LogP contribution in [0.25, 0.3) is 0 Å². The molecule has 2 N–H and O–H groups in total. The van der Waals surface area contributed by atoms with E-state index >= 15 is 0 Å². The smallest absolute Gasteiger partial charge is 0.406 e. The highest BCUT2D eigenvalue weighted by Crippen LogP contribution is 2.23. The quantitative estimate of drug-likeness (QED) is 0.751. The standard InChI is InChI=1S/C18H24F3N3O3/c1-12(2)11-24-7-6-22-17(26)15(24)9-16(25)23-10-13-4-3-5-14(8-13)27-18(19,20)21/h3-5,8,12,15H,6-7,9-11H2,1-2H3,(H,22,26)(H,23,25)/t15-/m1/s1. The van der Waals surface area contributed by atoms with Crippen LogP contribution < -0.4 is 15.4 Å². The van der Waals surface area contributed by atoms with Gasteiger partial charge >= 0.3 is 6.36 Å². The molecule has 1 aromatic carbocycles. The molecule has 1 aliphatic heterocycles. The van der Waals surface area contributed by atoms with Crippen molar-refractivity contribution in [1.82, 2.24) is 15.5 Å². The monoisotopic (exact) mass is 387 g/mol. The second-order valence-electron chi connectivity index (χ2n) is 6.87. The summed E-state index contributed by atoms with van der Waals surface area (Å²) in [5, 5.41) is 5.41. The topological polar surface area (TPSA) is 70.7 Å². The second kappa shape index (κ2) is 9.07. The largest absolute Gasteiger partial charge is 0.573 e. The molecular formula is C18H24F3N3O3. The van der Waals surface area contributed by atoms with Crippen LogP contribution in [0.1, 0.15) is 25.8 Å². The van der Waals surface area contributed by atoms with E-state index in [1.807, 2.05) is 18.7 Å². The summed E-state index contributed by atoms with van der Waals surface area (Å²) < 4.78 is 40.7. The number of piperazine rings is 1. The number of ether oxygens (including phenoxy) is 1. The number of halogens is 3. The van der Waals surface area contributed by atoms with Crippen LogP contribution in [0.3, 0.4) is 0 Å². The van der Waals surface area contributed by atoms with Crippen molar-refractivity contribution in [2.24, 2.45) is 5.92 Å². The minimum atomic E-state index is -4.77. The summed E-state index contributed by atoms with van der Waals surface area (Å²) in [6.45, 7) is 6.07. The summed E-state index contributed by atoms with van der Waals surface area (Å²) in [7, 11) is 0. The molecule has 0 aliphatic carbocycles. The number of hydrogen-bond donors (Lipinski definition) is 2. The number of carbonyl (C=O) groups excluding carboxylic acids is 2. The third kappa shape index (κ3) is 7.09. The van der Waals surface area contributed by atoms with Crippen LogP contribution in [0.2, 0.25) is 0 Å². The maximum Gasteiger partial charge on any atom is 0.573 e. The van der Waals surface area contributed by atoms with E-state index in [1.54, 1.807) is 6.07 Å². The molecule has 0 spiro atoms. The molecule has 1 fully saturated rings. The van der Waals surface area contributed by atoms with Crippen LogP contribution in [0.15, 0.2) is 24.3 Å². The fourth-order valence-electron chi connectivity index (χ4n) is 2.97. The summed E-state index contributed by atoms with van der Waals surface area (Å²) in [4.78, 5) is 26.4. The van der Waals surface area contributed by atoms with Crippen molar-refractivity contribution in [1.29, 1.82) is 0 Å². The van der Waals surface area contributed by atoms with Crippen molar-refractivity contribution in [2.75, 3.05) is 19.6 Å². The highest BCUT2D eigenvalue weighted by molar-refractivity contribution is 5.88. The number of benzene rings is 1. The van der Waals surface area contributed by atoms with Gasteiger partial charge in [0, 0.05) is 26.2 Å². The molecule has 9 heteroatoms. The molecule has 1 aromatic rings. The minimum absolute atomic E-state index is 0.00268. The molecule has 2 amide bonds. The Bertz CT molecular complexity index is 665. The summed E-state index contributed by atoms with van der Waals surface area (Å²) in [5.41, 5.74) is 0.470. The zero-order valence-electron chi connectivity index (χ0n) is 15.3. The molecular weight excluding hydrogens is 363 g/mol. The van der Waals surface area contributed by atoms with Gasteiger partial charge < -0.3 is 15.4 Å². The van der Waals surface area contributed by atoms with Gasteiger partial charge in [-0.15, -0.1) is 13.2 Å². The Kier molecular flexibility index (Phi) is 7.06. The average molecular weight is 387 g/mol. The predicted octanol–water partition coefficient (Wildman–Crippen LogP) is 2.05. The lowest BCUT2D eigenvalue weighted by Gasteiger charge is -2.35. The fraction of sp³-hybridized carbons (Fsp3) is 0.556. The first-order chi connectivity index (χ1) is 12.6. The molecule has 0 saturated carbocycles. The van der Waals surface area contributed by atoms with Gasteiger partial charge in [0.05, 0.1) is 12.5 Å². The van der Waals surface area contributed by atoms with E-state index in [-0.39, 0.29) is 30.5 Å². The fourth-order valence-corrected chi connectivity index (χ4v) is 2.97. The summed E-state index contributed by atoms with van der Waals surface area (Å²) in [6.07, 6.45) is -4.77. The van der Waals surface area contributed by atoms with Crippen LogP contribution >= 0.6 is 0 Å². The molecule has 1 aliphatic rings. The van der Waals surface area contributed by atoms with Gasteiger partial charge in [-0.3, -0.25) is 14.5 Å². The van der Waals surface area contributed by atoms with Gasteiger partial charge in [0.25, 0.3) is 0 Å². The van der Waals surface area contributed by atoms with Crippen LogP contribution in [-0.4, -0.2) is 48.8 Å². The molecule has 2 rings (SSSR count). The number of nitrogens with zero attached hydrogens (tertiary/aromatic N) is 1. The normalized spacial score (nSPS) is 18.3. The summed E-state index contributed by atoms with van der Waals surface area (Å²) >= 11 is 0. The molecule has 1 heterocycles. The van der Waals surface area contributed by atoms with Crippen LogP contribution in [0, 0.1) is 5.92 Å². The molecule has 150 valence electrons. The van der Waals surface area contributed by atoms with Gasteiger partial charge in [0.1, 0.15) is 5.75 Å². The number of hydrogen-bond acceptors (Lipinski definition) is 4. The Labute approximate surface area is 156 Å². The molecule has 1 atom stereocenters. The maximum atomic E-state index is 12.3. The van der Waals surface area contributed by atoms with Crippen molar-refractivity contribution in [3.8, 4) is 5.75 Å². The van der Waals surface area contributed by atoms with Crippen LogP contribution in [0.5, 0.6) is 5.75 Å². The molecule has 0 unspecified atom stereocenters. The minimum Gasteiger partial charge on any atom is -0.406 e. The summed E-state index contributed by atoms with van der Waals surface area (Å²) in [5.74, 6) is -0.507. The number of rotatable bonds is 7. The molecule has 0 aromatic heterocycles. The molecule has 0 radical (unpaired) electrons. The first kappa shape index (κ1) is 21.0. The number of nitrogens with one attached hydrogen (secondary N) is 2. The Morgan fingerprint density at radius 2 is 2.15 bits per heavy atom. The highest BCUT2D eigenvalue weighted by atomic mass is 19.4. The average Bonchev–Trinajstić information content (AvgIpc) is 2.54. The lowest BCUT2D eigenvalue weighted by Crippen LogP contribution is -2.57. The van der Waals surface area contributed by atoms with Gasteiger partial charge in [0.2, 0.25) is 11.8 Å². The van der Waals surface area contributed by atoms with E-state index < -0.39 is 12.4 Å². The SMILES string of the molecule is CC(C)CN1CCNC(=O)[C@H]1CC(=O)NCc1cccc(OC(F)(F)F)c1. The van der Waals surface area contributed by atoms with Gasteiger partial charge in [-0.1, -0.05) is 26.0 Å². The maximum absolute atomic E-state index is 12.3. The van der Waals surface area contributed by atoms with E-state index in [9.17, 15) is 22.8 Å². The molecule has 27 heavy (non-hydrogen) atoms. The third-order valence-electron chi connectivity index (χ3n) is 4.04. The van der Waals surface area contributed by atoms with E-state index in [2.05, 4.69) is 15.4 Å². The van der Waals surface area contributed by atoms with E-state index in [0.717, 1.165) is 0 Å². The van der Waals surface area contributed by atoms with E-state index in [4.69, 9.17) is 0 Å². The Hall–Kier alpha value is -2.29. The summed E-state index contributed by atoms with van der Waals surface area (Å²) in [6, 6.07) is 4.87. The Morgan fingerprint density at radius 1 is 1.41 bits per heavy atom. The number of amides is 2. The van der Waals surface area contributed by atoms with Gasteiger partial charge in [-0.05, 0) is 23.6 Å². The lowest BCUT2D eigenvalue weighted by molar-refractivity contribution is -0.274. The zero-order valence-corrected chi connectivity index (χ0v) is 15.3. The number of alkyl halides is 3. The lowest BCUT2D eigenvalue weighted by atomic mass is 10.1. The predicted molar refractivity (Wildman–Crippen MR) is 92.8 cm³/mol. The molecule has 6 nitrogen and oxygen atoms in total. The zero-order chi connectivity index (χ0) is 20.0. The molecule has 0 bridgehead atoms. The van der Waals surface area contributed by atoms with E-state index in [0.29, 0.717) is 31.1 Å². The van der Waals surface area contributed by atoms with Crippen molar-refractivity contribution >= 4 is 11.8 Å². The van der Waals surface area contributed by atoms with E-state index in [1.165, 1.54) is 18.2 Å². The van der Waals surface area contributed by atoms with Gasteiger partial charge in [0.15, 0.2) is 0 Å². The molecule has 1 saturated heterocycles.